The quantitative estimate of drug-likeness (QED) is 0.351. The van der Waals surface area contributed by atoms with Crippen molar-refractivity contribution in [3.8, 4) is 5.88 Å². The molecule has 0 radical (unpaired) electrons. The topological polar surface area (TPSA) is 94.7 Å². The minimum atomic E-state index is -0.512. The normalized spacial score (nSPS) is 11.9. The predicted molar refractivity (Wildman–Crippen MR) is 133 cm³/mol. The van der Waals surface area contributed by atoms with Crippen LogP contribution in [0.5, 0.6) is 5.88 Å². The van der Waals surface area contributed by atoms with Crippen LogP contribution in [0.4, 0.5) is 5.69 Å². The molecular weight excluding hydrogens is 412 g/mol. The molecule has 0 saturated carbocycles. The third-order valence-corrected chi connectivity index (χ3v) is 5.68. The highest BCUT2D eigenvalue weighted by molar-refractivity contribution is 6.13. The van der Waals surface area contributed by atoms with Crippen LogP contribution in [-0.2, 0) is 13.1 Å². The number of aromatic nitrogens is 1. The molecule has 4 N–H and O–H groups in total. The lowest BCUT2D eigenvalue weighted by Gasteiger charge is -2.17. The number of benzene rings is 3. The summed E-state index contributed by atoms with van der Waals surface area (Å²) in [6, 6.07) is 21.8. The van der Waals surface area contributed by atoms with Gasteiger partial charge in [0.05, 0.1) is 17.0 Å². The van der Waals surface area contributed by atoms with Gasteiger partial charge in [-0.3, -0.25) is 14.7 Å². The number of nitrogens with two attached hydrogens (primary N) is 1. The fourth-order valence-corrected chi connectivity index (χ4v) is 4.00. The van der Waals surface area contributed by atoms with Gasteiger partial charge in [0, 0.05) is 29.6 Å². The van der Waals surface area contributed by atoms with Gasteiger partial charge in [0.25, 0.3) is 0 Å². The van der Waals surface area contributed by atoms with Gasteiger partial charge in [-0.15, -0.1) is 0 Å². The first-order valence-corrected chi connectivity index (χ1v) is 10.8. The Bertz CT molecular complexity index is 1320. The largest absolute Gasteiger partial charge is 0.494 e. The Kier molecular flexibility index (Phi) is 6.29. The summed E-state index contributed by atoms with van der Waals surface area (Å²) in [5.41, 5.74) is 12.2. The molecule has 1 amide bonds. The number of rotatable bonds is 7. The SMILES string of the molecule is CC(=Nc1ccc(CN(C)Cc2ccc(C)cc2)cc1)c1c(O)[nH]c2cc(C(N)=O)ccc12. The summed E-state index contributed by atoms with van der Waals surface area (Å²) in [7, 11) is 2.11. The summed E-state index contributed by atoms with van der Waals surface area (Å²) in [6.07, 6.45) is 0. The van der Waals surface area contributed by atoms with Crippen LogP contribution >= 0.6 is 0 Å². The van der Waals surface area contributed by atoms with Gasteiger partial charge in [0.1, 0.15) is 0 Å². The van der Waals surface area contributed by atoms with Gasteiger partial charge in [0.15, 0.2) is 5.88 Å². The van der Waals surface area contributed by atoms with E-state index in [0.717, 1.165) is 24.2 Å². The average Bonchev–Trinajstić information content (AvgIpc) is 3.11. The monoisotopic (exact) mass is 440 g/mol. The van der Waals surface area contributed by atoms with Crippen molar-refractivity contribution in [2.24, 2.45) is 10.7 Å². The molecule has 168 valence electrons. The molecule has 0 fully saturated rings. The molecule has 0 aliphatic rings. The second-order valence-electron chi connectivity index (χ2n) is 8.49. The molecule has 4 aromatic rings. The summed E-state index contributed by atoms with van der Waals surface area (Å²) in [6.45, 7) is 5.67. The number of aryl methyl sites for hydroxylation is 1. The number of amides is 1. The molecule has 1 aromatic heterocycles. The lowest BCUT2D eigenvalue weighted by molar-refractivity contribution is 0.100. The van der Waals surface area contributed by atoms with Crippen LogP contribution in [0.3, 0.4) is 0 Å². The summed E-state index contributed by atoms with van der Waals surface area (Å²) in [5, 5.41) is 11.2. The first-order valence-electron chi connectivity index (χ1n) is 10.8. The van der Waals surface area contributed by atoms with E-state index in [2.05, 4.69) is 60.3 Å². The number of hydrogen-bond acceptors (Lipinski definition) is 4. The molecule has 0 bridgehead atoms. The van der Waals surface area contributed by atoms with Crippen molar-refractivity contribution in [3.63, 3.8) is 0 Å². The highest BCUT2D eigenvalue weighted by atomic mass is 16.3. The van der Waals surface area contributed by atoms with Gasteiger partial charge in [-0.1, -0.05) is 48.0 Å². The summed E-state index contributed by atoms with van der Waals surface area (Å²) >= 11 is 0. The van der Waals surface area contributed by atoms with E-state index < -0.39 is 5.91 Å². The Morgan fingerprint density at radius 2 is 1.61 bits per heavy atom. The Balaban J connectivity index is 1.48. The van der Waals surface area contributed by atoms with E-state index >= 15 is 0 Å². The lowest BCUT2D eigenvalue weighted by atomic mass is 10.1. The van der Waals surface area contributed by atoms with Crippen molar-refractivity contribution >= 4 is 28.2 Å². The number of aromatic hydroxyl groups is 1. The van der Waals surface area contributed by atoms with E-state index in [9.17, 15) is 9.90 Å². The number of nitrogens with zero attached hydrogens (tertiary/aromatic N) is 2. The van der Waals surface area contributed by atoms with Crippen molar-refractivity contribution in [1.29, 1.82) is 0 Å². The second-order valence-corrected chi connectivity index (χ2v) is 8.49. The van der Waals surface area contributed by atoms with Crippen molar-refractivity contribution in [3.05, 3.63) is 94.5 Å². The number of aliphatic imine (C=N–C) groups is 1. The van der Waals surface area contributed by atoms with Gasteiger partial charge < -0.3 is 15.8 Å². The van der Waals surface area contributed by atoms with Gasteiger partial charge in [-0.25, -0.2) is 0 Å². The lowest BCUT2D eigenvalue weighted by Crippen LogP contribution is -2.17. The minimum absolute atomic E-state index is 0.0159. The van der Waals surface area contributed by atoms with Crippen LogP contribution in [0.15, 0.2) is 71.7 Å². The Labute approximate surface area is 193 Å². The van der Waals surface area contributed by atoms with Crippen LogP contribution in [0.1, 0.15) is 39.5 Å². The summed E-state index contributed by atoms with van der Waals surface area (Å²) < 4.78 is 0. The van der Waals surface area contributed by atoms with Crippen LogP contribution in [-0.4, -0.2) is 33.7 Å². The maximum absolute atomic E-state index is 11.4. The van der Waals surface area contributed by atoms with Crippen molar-refractivity contribution < 1.29 is 9.90 Å². The number of carbonyl (C=O) groups excluding carboxylic acids is 1. The zero-order valence-electron chi connectivity index (χ0n) is 19.1. The molecule has 0 saturated heterocycles. The second kappa shape index (κ2) is 9.30. The number of nitrogens with one attached hydrogen (secondary N) is 1. The van der Waals surface area contributed by atoms with Crippen LogP contribution < -0.4 is 5.73 Å². The number of primary amides is 1. The van der Waals surface area contributed by atoms with Crippen molar-refractivity contribution in [2.45, 2.75) is 26.9 Å². The van der Waals surface area contributed by atoms with Gasteiger partial charge in [-0.05, 0) is 56.3 Å². The Hall–Kier alpha value is -3.90. The van der Waals surface area contributed by atoms with Gasteiger partial charge >= 0.3 is 0 Å². The Morgan fingerprint density at radius 1 is 1.00 bits per heavy atom. The maximum Gasteiger partial charge on any atom is 0.248 e. The number of carbonyl (C=O) groups is 1. The molecule has 33 heavy (non-hydrogen) atoms. The number of hydrogen-bond donors (Lipinski definition) is 3. The number of fused-ring (bicyclic) bond motifs is 1. The van der Waals surface area contributed by atoms with E-state index in [4.69, 9.17) is 10.7 Å². The smallest absolute Gasteiger partial charge is 0.248 e. The summed E-state index contributed by atoms with van der Waals surface area (Å²) in [4.78, 5) is 21.3. The third kappa shape index (κ3) is 5.13. The zero-order chi connectivity index (χ0) is 23.5. The minimum Gasteiger partial charge on any atom is -0.494 e. The molecule has 0 spiro atoms. The molecule has 0 atom stereocenters. The van der Waals surface area contributed by atoms with Crippen LogP contribution in [0.25, 0.3) is 10.9 Å². The maximum atomic E-state index is 11.4. The molecular formula is C27H28N4O2. The third-order valence-electron chi connectivity index (χ3n) is 5.68. The predicted octanol–water partition coefficient (Wildman–Crippen LogP) is 5.05. The molecule has 0 unspecified atom stereocenters. The zero-order valence-corrected chi connectivity index (χ0v) is 19.1. The van der Waals surface area contributed by atoms with Crippen molar-refractivity contribution in [2.75, 3.05) is 7.05 Å². The first kappa shape index (κ1) is 22.3. The fourth-order valence-electron chi connectivity index (χ4n) is 4.00. The summed E-state index contributed by atoms with van der Waals surface area (Å²) in [5.74, 6) is -0.496. The molecule has 0 aliphatic heterocycles. The fraction of sp³-hybridized carbons (Fsp3) is 0.185. The van der Waals surface area contributed by atoms with E-state index in [-0.39, 0.29) is 5.88 Å². The van der Waals surface area contributed by atoms with Gasteiger partial charge in [0.2, 0.25) is 5.91 Å². The van der Waals surface area contributed by atoms with E-state index in [1.165, 1.54) is 16.7 Å². The van der Waals surface area contributed by atoms with E-state index in [1.54, 1.807) is 18.2 Å². The molecule has 0 aliphatic carbocycles. The van der Waals surface area contributed by atoms with Crippen LogP contribution in [0.2, 0.25) is 0 Å². The molecule has 6 nitrogen and oxygen atoms in total. The number of H-pyrrole nitrogens is 1. The van der Waals surface area contributed by atoms with E-state index in [0.29, 0.717) is 22.4 Å². The molecule has 6 heteroatoms. The average molecular weight is 441 g/mol. The number of aromatic amines is 1. The first-order chi connectivity index (χ1) is 15.8. The highest BCUT2D eigenvalue weighted by Gasteiger charge is 2.15. The highest BCUT2D eigenvalue weighted by Crippen LogP contribution is 2.30. The Morgan fingerprint density at radius 3 is 2.21 bits per heavy atom. The van der Waals surface area contributed by atoms with Gasteiger partial charge in [-0.2, -0.15) is 0 Å². The molecule has 3 aromatic carbocycles. The standard InChI is InChI=1S/C27H28N4O2/c1-17-4-6-19(7-5-17)15-31(3)16-20-8-11-22(12-9-20)29-18(2)25-23-13-10-21(26(28)32)14-24(23)30-27(25)33/h4-14,30,33H,15-16H2,1-3H3,(H2,28,32). The van der Waals surface area contributed by atoms with Crippen LogP contribution in [0, 0.1) is 6.92 Å². The molecule has 4 rings (SSSR count). The van der Waals surface area contributed by atoms with Crippen molar-refractivity contribution in [1.82, 2.24) is 9.88 Å². The molecule has 1 heterocycles. The van der Waals surface area contributed by atoms with E-state index in [1.807, 2.05) is 19.1 Å².